The van der Waals surface area contributed by atoms with Crippen LogP contribution < -0.4 is 5.32 Å². The molecule has 0 aromatic rings. The average Bonchev–Trinajstić information content (AvgIpc) is 2.67. The SMILES string of the molecule is CCCCCCCCCCCCCCCC(=O)NCCOCCOCC(=O)O. The molecule has 0 unspecified atom stereocenters. The van der Waals surface area contributed by atoms with Gasteiger partial charge in [0.05, 0.1) is 19.8 Å². The minimum Gasteiger partial charge on any atom is -0.480 e. The molecule has 0 heterocycles. The second kappa shape index (κ2) is 22.2. The number of aliphatic carboxylic acids is 1. The molecule has 0 saturated carbocycles. The highest BCUT2D eigenvalue weighted by molar-refractivity contribution is 5.75. The third-order valence-corrected chi connectivity index (χ3v) is 4.67. The van der Waals surface area contributed by atoms with Crippen LogP contribution in [0.25, 0.3) is 0 Å². The smallest absolute Gasteiger partial charge is 0.329 e. The molecule has 0 aliphatic rings. The van der Waals surface area contributed by atoms with Crippen molar-refractivity contribution in [2.45, 2.75) is 96.8 Å². The largest absolute Gasteiger partial charge is 0.480 e. The van der Waals surface area contributed by atoms with E-state index in [0.717, 1.165) is 12.8 Å². The van der Waals surface area contributed by atoms with Gasteiger partial charge in [0.1, 0.15) is 6.61 Å². The van der Waals surface area contributed by atoms with Gasteiger partial charge in [-0.2, -0.15) is 0 Å². The summed E-state index contributed by atoms with van der Waals surface area (Å²) in [5.41, 5.74) is 0. The van der Waals surface area contributed by atoms with Crippen molar-refractivity contribution in [1.82, 2.24) is 5.32 Å². The van der Waals surface area contributed by atoms with Gasteiger partial charge in [0.15, 0.2) is 0 Å². The van der Waals surface area contributed by atoms with Crippen LogP contribution in [0.5, 0.6) is 0 Å². The predicted octanol–water partition coefficient (Wildman–Crippen LogP) is 4.70. The highest BCUT2D eigenvalue weighted by Gasteiger charge is 2.01. The summed E-state index contributed by atoms with van der Waals surface area (Å²) in [6, 6.07) is 0. The van der Waals surface area contributed by atoms with E-state index in [9.17, 15) is 9.59 Å². The van der Waals surface area contributed by atoms with Gasteiger partial charge in [-0.15, -0.1) is 0 Å². The standard InChI is InChI=1S/C22H43NO5/c1-2-3-4-5-6-7-8-9-10-11-12-13-14-15-21(24)23-16-17-27-18-19-28-20-22(25)26/h2-20H2,1H3,(H,23,24)(H,25,26). The van der Waals surface area contributed by atoms with Crippen molar-refractivity contribution in [2.24, 2.45) is 0 Å². The van der Waals surface area contributed by atoms with Crippen LogP contribution in [0.1, 0.15) is 96.8 Å². The van der Waals surface area contributed by atoms with Crippen LogP contribution in [0.3, 0.4) is 0 Å². The molecule has 0 aromatic carbocycles. The quantitative estimate of drug-likeness (QED) is 0.257. The zero-order valence-electron chi connectivity index (χ0n) is 18.0. The van der Waals surface area contributed by atoms with E-state index in [2.05, 4.69) is 12.2 Å². The van der Waals surface area contributed by atoms with E-state index in [-0.39, 0.29) is 19.1 Å². The topological polar surface area (TPSA) is 84.9 Å². The van der Waals surface area contributed by atoms with Gasteiger partial charge in [-0.05, 0) is 6.42 Å². The molecular formula is C22H43NO5. The van der Waals surface area contributed by atoms with Crippen LogP contribution >= 0.6 is 0 Å². The highest BCUT2D eigenvalue weighted by atomic mass is 16.5. The van der Waals surface area contributed by atoms with Crippen LogP contribution in [0.2, 0.25) is 0 Å². The van der Waals surface area contributed by atoms with Crippen molar-refractivity contribution >= 4 is 11.9 Å². The number of nitrogens with one attached hydrogen (secondary N) is 1. The first kappa shape index (κ1) is 26.9. The van der Waals surface area contributed by atoms with E-state index >= 15 is 0 Å². The lowest BCUT2D eigenvalue weighted by atomic mass is 10.0. The number of ether oxygens (including phenoxy) is 2. The Labute approximate surface area is 171 Å². The predicted molar refractivity (Wildman–Crippen MR) is 113 cm³/mol. The minimum atomic E-state index is -0.986. The van der Waals surface area contributed by atoms with Gasteiger partial charge in [-0.1, -0.05) is 84.0 Å². The number of carboxylic acids is 1. The Morgan fingerprint density at radius 3 is 1.75 bits per heavy atom. The fraction of sp³-hybridized carbons (Fsp3) is 0.909. The Kier molecular flexibility index (Phi) is 21.3. The summed E-state index contributed by atoms with van der Waals surface area (Å²) in [7, 11) is 0. The van der Waals surface area contributed by atoms with E-state index in [1.807, 2.05) is 0 Å². The molecule has 6 heteroatoms. The molecule has 6 nitrogen and oxygen atoms in total. The van der Waals surface area contributed by atoms with Crippen molar-refractivity contribution in [3.8, 4) is 0 Å². The van der Waals surface area contributed by atoms with E-state index < -0.39 is 5.97 Å². The van der Waals surface area contributed by atoms with Gasteiger partial charge in [0.25, 0.3) is 0 Å². The van der Waals surface area contributed by atoms with Crippen molar-refractivity contribution < 1.29 is 24.2 Å². The van der Waals surface area contributed by atoms with Crippen molar-refractivity contribution in [2.75, 3.05) is 33.0 Å². The Morgan fingerprint density at radius 2 is 1.21 bits per heavy atom. The second-order valence-corrected chi connectivity index (χ2v) is 7.40. The molecule has 0 fully saturated rings. The van der Waals surface area contributed by atoms with Crippen LogP contribution in [0, 0.1) is 0 Å². The monoisotopic (exact) mass is 401 g/mol. The molecule has 166 valence electrons. The van der Waals surface area contributed by atoms with E-state index in [1.165, 1.54) is 70.6 Å². The lowest BCUT2D eigenvalue weighted by molar-refractivity contribution is -0.142. The lowest BCUT2D eigenvalue weighted by Gasteiger charge is -2.07. The van der Waals surface area contributed by atoms with Gasteiger partial charge in [0, 0.05) is 13.0 Å². The van der Waals surface area contributed by atoms with Gasteiger partial charge in [-0.25, -0.2) is 4.79 Å². The fourth-order valence-corrected chi connectivity index (χ4v) is 3.03. The van der Waals surface area contributed by atoms with Gasteiger partial charge >= 0.3 is 5.97 Å². The molecule has 28 heavy (non-hydrogen) atoms. The molecule has 2 N–H and O–H groups in total. The third-order valence-electron chi connectivity index (χ3n) is 4.67. The van der Waals surface area contributed by atoms with Gasteiger partial charge in [0.2, 0.25) is 5.91 Å². The second-order valence-electron chi connectivity index (χ2n) is 7.40. The lowest BCUT2D eigenvalue weighted by Crippen LogP contribution is -2.27. The number of rotatable bonds is 22. The molecule has 0 spiro atoms. The number of hydrogen-bond acceptors (Lipinski definition) is 4. The first-order valence-corrected chi connectivity index (χ1v) is 11.3. The highest BCUT2D eigenvalue weighted by Crippen LogP contribution is 2.12. The first-order chi connectivity index (χ1) is 13.7. The Morgan fingerprint density at radius 1 is 0.714 bits per heavy atom. The summed E-state index contributed by atoms with van der Waals surface area (Å²) in [5.74, 6) is -0.908. The zero-order chi connectivity index (χ0) is 20.7. The number of hydrogen-bond donors (Lipinski definition) is 2. The van der Waals surface area contributed by atoms with E-state index in [1.54, 1.807) is 0 Å². The molecule has 0 saturated heterocycles. The fourth-order valence-electron chi connectivity index (χ4n) is 3.03. The van der Waals surface area contributed by atoms with Crippen LogP contribution in [0.4, 0.5) is 0 Å². The summed E-state index contributed by atoms with van der Waals surface area (Å²) in [4.78, 5) is 21.9. The molecule has 0 bridgehead atoms. The molecule has 0 atom stereocenters. The maximum atomic E-state index is 11.7. The summed E-state index contributed by atoms with van der Waals surface area (Å²) in [6.07, 6.45) is 17.5. The number of unbranched alkanes of at least 4 members (excludes halogenated alkanes) is 12. The van der Waals surface area contributed by atoms with E-state index in [4.69, 9.17) is 14.6 Å². The normalized spacial score (nSPS) is 10.9. The van der Waals surface area contributed by atoms with Crippen molar-refractivity contribution in [1.29, 1.82) is 0 Å². The minimum absolute atomic E-state index is 0.0776. The van der Waals surface area contributed by atoms with Gasteiger partial charge < -0.3 is 19.9 Å². The van der Waals surface area contributed by atoms with Crippen LogP contribution in [-0.2, 0) is 19.1 Å². The summed E-state index contributed by atoms with van der Waals surface area (Å²) < 4.78 is 10.1. The van der Waals surface area contributed by atoms with E-state index in [0.29, 0.717) is 26.2 Å². The molecule has 1 amide bonds. The average molecular weight is 402 g/mol. The number of carboxylic acid groups (broad SMARTS) is 1. The molecule has 0 aliphatic heterocycles. The van der Waals surface area contributed by atoms with Crippen molar-refractivity contribution in [3.63, 3.8) is 0 Å². The van der Waals surface area contributed by atoms with Crippen LogP contribution in [-0.4, -0.2) is 50.0 Å². The third kappa shape index (κ3) is 22.9. The zero-order valence-corrected chi connectivity index (χ0v) is 18.0. The Hall–Kier alpha value is -1.14. The maximum absolute atomic E-state index is 11.7. The first-order valence-electron chi connectivity index (χ1n) is 11.3. The summed E-state index contributed by atoms with van der Waals surface area (Å²) in [6.45, 7) is 3.44. The molecule has 0 radical (unpaired) electrons. The number of amides is 1. The number of carbonyl (C=O) groups is 2. The van der Waals surface area contributed by atoms with Crippen molar-refractivity contribution in [3.05, 3.63) is 0 Å². The summed E-state index contributed by atoms with van der Waals surface area (Å²) >= 11 is 0. The maximum Gasteiger partial charge on any atom is 0.329 e. The Bertz CT molecular complexity index is 363. The summed E-state index contributed by atoms with van der Waals surface area (Å²) in [5, 5.41) is 11.2. The van der Waals surface area contributed by atoms with Crippen LogP contribution in [0.15, 0.2) is 0 Å². The molecule has 0 aromatic heterocycles. The molecular weight excluding hydrogens is 358 g/mol. The molecule has 0 rings (SSSR count). The van der Waals surface area contributed by atoms with Gasteiger partial charge in [-0.3, -0.25) is 4.79 Å². The molecule has 0 aliphatic carbocycles. The number of carbonyl (C=O) groups excluding carboxylic acids is 1. The Balaban J connectivity index is 3.16.